The van der Waals surface area contributed by atoms with Gasteiger partial charge in [-0.3, -0.25) is 9.89 Å². The van der Waals surface area contributed by atoms with Gasteiger partial charge in [0.25, 0.3) is 5.92 Å². The molecule has 0 aromatic carbocycles. The van der Waals surface area contributed by atoms with Crippen molar-refractivity contribution < 1.29 is 23.8 Å². The first-order valence-corrected chi connectivity index (χ1v) is 15.1. The Hall–Kier alpha value is -3.24. The molecule has 8 nitrogen and oxygen atoms in total. The van der Waals surface area contributed by atoms with Crippen LogP contribution in [0.4, 0.5) is 8.78 Å². The Labute approximate surface area is 257 Å². The number of nitrogens with zero attached hydrogens (tertiary/aromatic N) is 3. The number of carboxylic acid groups (broad SMARTS) is 1. The monoisotopic (exact) mass is 605 g/mol. The number of amidine groups is 1. The molecule has 1 fully saturated rings. The van der Waals surface area contributed by atoms with Crippen molar-refractivity contribution in [3.05, 3.63) is 72.7 Å². The van der Waals surface area contributed by atoms with E-state index < -0.39 is 18.1 Å². The number of nitrogens with one attached hydrogen (secondary N) is 2. The number of dihydropyridines is 1. The maximum Gasteiger partial charge on any atom is 0.327 e. The first-order chi connectivity index (χ1) is 20.4. The first kappa shape index (κ1) is 37.8. The van der Waals surface area contributed by atoms with Crippen molar-refractivity contribution in [1.82, 2.24) is 20.4 Å². The first-order valence-electron chi connectivity index (χ1n) is 15.1. The predicted octanol–water partition coefficient (Wildman–Crippen LogP) is 5.20. The predicted molar refractivity (Wildman–Crippen MR) is 173 cm³/mol. The van der Waals surface area contributed by atoms with E-state index in [-0.39, 0.29) is 24.2 Å². The summed E-state index contributed by atoms with van der Waals surface area (Å²) in [5, 5.41) is 25.9. The Kier molecular flexibility index (Phi) is 17.4. The van der Waals surface area contributed by atoms with Crippen LogP contribution in [0.3, 0.4) is 0 Å². The van der Waals surface area contributed by atoms with Crippen molar-refractivity contribution in [2.24, 2.45) is 22.7 Å². The Morgan fingerprint density at radius 2 is 1.88 bits per heavy atom. The fourth-order valence-electron chi connectivity index (χ4n) is 4.66. The quantitative estimate of drug-likeness (QED) is 0.123. The van der Waals surface area contributed by atoms with Gasteiger partial charge < -0.3 is 25.7 Å². The van der Waals surface area contributed by atoms with Crippen LogP contribution in [-0.4, -0.2) is 90.3 Å². The zero-order chi connectivity index (χ0) is 32.4. The van der Waals surface area contributed by atoms with Gasteiger partial charge in [-0.15, -0.1) is 6.58 Å². The van der Waals surface area contributed by atoms with E-state index in [9.17, 15) is 18.7 Å². The normalized spacial score (nSPS) is 20.7. The molecule has 0 aliphatic carbocycles. The minimum Gasteiger partial charge on any atom is -0.478 e. The average molecular weight is 606 g/mol. The largest absolute Gasteiger partial charge is 0.478 e. The molecule has 0 aromatic rings. The van der Waals surface area contributed by atoms with Crippen LogP contribution in [-0.2, 0) is 4.79 Å². The Bertz CT molecular complexity index is 1040. The number of aliphatic imine (C=N–C) groups is 1. The van der Waals surface area contributed by atoms with Gasteiger partial charge in [-0.2, -0.15) is 0 Å². The zero-order valence-corrected chi connectivity index (χ0v) is 26.8. The topological polar surface area (TPSA) is 100 Å². The lowest BCUT2D eigenvalue weighted by Crippen LogP contribution is -2.52. The van der Waals surface area contributed by atoms with Crippen molar-refractivity contribution in [3.63, 3.8) is 0 Å². The molecule has 1 saturated heterocycles. The standard InChI is InChI=1S/C30H47F2N5O3.C3H6/c1-6-25(33-5)26(9-8-14-30(31,32)7-2)34-20-23(4)24-11-12-27(35-21-24)36-15-17-37(18-16-36)28(38)19-22(3)10-13-29(39)40;1-3-2/h6,8-14,22-24,28,33-34,38H,7,15-21H2,1-5H3,(H,39,40);3H,1H2,2H3/b13-10+,14-8+,25-6+,26-9+;. The van der Waals surface area contributed by atoms with Crippen molar-refractivity contribution >= 4 is 11.8 Å². The summed E-state index contributed by atoms with van der Waals surface area (Å²) in [5.74, 6) is -2.35. The molecule has 10 heteroatoms. The van der Waals surface area contributed by atoms with Gasteiger partial charge in [-0.05, 0) is 50.3 Å². The summed E-state index contributed by atoms with van der Waals surface area (Å²) >= 11 is 0. The van der Waals surface area contributed by atoms with Crippen LogP contribution in [0, 0.1) is 17.8 Å². The smallest absolute Gasteiger partial charge is 0.327 e. The number of aliphatic hydroxyl groups is 1. The number of likely N-dealkylation sites (N-methyl/N-ethyl adjacent to an activating group) is 1. The molecule has 0 amide bonds. The van der Waals surface area contributed by atoms with Gasteiger partial charge in [-0.1, -0.05) is 51.2 Å². The molecule has 0 bridgehead atoms. The van der Waals surface area contributed by atoms with E-state index in [2.05, 4.69) is 41.2 Å². The van der Waals surface area contributed by atoms with E-state index in [1.807, 2.05) is 31.7 Å². The third kappa shape index (κ3) is 14.2. The van der Waals surface area contributed by atoms with Gasteiger partial charge in [0.2, 0.25) is 0 Å². The molecule has 43 heavy (non-hydrogen) atoms. The van der Waals surface area contributed by atoms with E-state index >= 15 is 0 Å². The third-order valence-electron chi connectivity index (χ3n) is 7.43. The van der Waals surface area contributed by atoms with Crippen LogP contribution in [0.15, 0.2) is 77.6 Å². The highest BCUT2D eigenvalue weighted by Crippen LogP contribution is 2.21. The number of carbonyl (C=O) groups is 1. The second-order valence-corrected chi connectivity index (χ2v) is 10.9. The molecular weight excluding hydrogens is 552 g/mol. The number of alkyl halides is 2. The van der Waals surface area contributed by atoms with Gasteiger partial charge in [-0.25, -0.2) is 13.6 Å². The molecule has 0 saturated carbocycles. The molecule has 0 spiro atoms. The van der Waals surface area contributed by atoms with Gasteiger partial charge in [0.05, 0.1) is 11.4 Å². The molecule has 4 atom stereocenters. The van der Waals surface area contributed by atoms with E-state index in [1.165, 1.54) is 13.0 Å². The minimum absolute atomic E-state index is 0.0279. The number of aliphatic hydroxyl groups excluding tert-OH is 1. The van der Waals surface area contributed by atoms with Gasteiger partial charge in [0.15, 0.2) is 0 Å². The van der Waals surface area contributed by atoms with E-state index in [4.69, 9.17) is 10.1 Å². The summed E-state index contributed by atoms with van der Waals surface area (Å²) in [7, 11) is 1.81. The van der Waals surface area contributed by atoms with Gasteiger partial charge >= 0.3 is 5.97 Å². The number of allylic oxidation sites excluding steroid dienone is 6. The second-order valence-electron chi connectivity index (χ2n) is 10.9. The number of piperazine rings is 1. The molecule has 0 radical (unpaired) electrons. The molecule has 2 aliphatic rings. The molecule has 2 rings (SSSR count). The van der Waals surface area contributed by atoms with E-state index in [0.29, 0.717) is 32.6 Å². The van der Waals surface area contributed by atoms with Crippen LogP contribution in [0.1, 0.15) is 47.5 Å². The van der Waals surface area contributed by atoms with Crippen LogP contribution < -0.4 is 10.6 Å². The van der Waals surface area contributed by atoms with Crippen LogP contribution >= 0.6 is 0 Å². The highest BCUT2D eigenvalue weighted by molar-refractivity contribution is 5.93. The highest BCUT2D eigenvalue weighted by atomic mass is 19.3. The summed E-state index contributed by atoms with van der Waals surface area (Å²) in [6, 6.07) is 0. The van der Waals surface area contributed by atoms with Crippen LogP contribution in [0.2, 0.25) is 0 Å². The summed E-state index contributed by atoms with van der Waals surface area (Å²) in [4.78, 5) is 19.8. The molecule has 4 unspecified atom stereocenters. The Balaban J connectivity index is 0.00000295. The Morgan fingerprint density at radius 1 is 1.23 bits per heavy atom. The van der Waals surface area contributed by atoms with Crippen molar-refractivity contribution in [3.8, 4) is 0 Å². The summed E-state index contributed by atoms with van der Waals surface area (Å²) in [6.45, 7) is 16.9. The number of aliphatic carboxylic acids is 1. The Morgan fingerprint density at radius 3 is 2.40 bits per heavy atom. The maximum atomic E-state index is 13.6. The number of hydrogen-bond acceptors (Lipinski definition) is 7. The van der Waals surface area contributed by atoms with Crippen LogP contribution in [0.5, 0.6) is 0 Å². The number of carboxylic acids is 1. The summed E-state index contributed by atoms with van der Waals surface area (Å²) in [6.07, 6.45) is 14.3. The van der Waals surface area contributed by atoms with E-state index in [0.717, 1.165) is 42.5 Å². The molecule has 2 aliphatic heterocycles. The molecular formula is C33H53F2N5O3. The fourth-order valence-corrected chi connectivity index (χ4v) is 4.66. The SMILES string of the molecule is C=CC.C\C=C(NC)/C(=C\C=C\C(F)(F)CC)NCC(C)C1C=CC(N2CCN(C(O)CC(C)/C=C/C(=O)O)CC2)=NC1. The highest BCUT2D eigenvalue weighted by Gasteiger charge is 2.26. The minimum atomic E-state index is -2.82. The van der Waals surface area contributed by atoms with Crippen molar-refractivity contribution in [2.45, 2.75) is 59.6 Å². The number of halogens is 2. The lowest BCUT2D eigenvalue weighted by Gasteiger charge is -2.39. The van der Waals surface area contributed by atoms with Gasteiger partial charge in [0, 0.05) is 64.7 Å². The fraction of sp³-hybridized carbons (Fsp3) is 0.576. The average Bonchev–Trinajstić information content (AvgIpc) is 2.99. The molecule has 4 N–H and O–H groups in total. The third-order valence-corrected chi connectivity index (χ3v) is 7.43. The maximum absolute atomic E-state index is 13.6. The molecule has 0 aromatic heterocycles. The van der Waals surface area contributed by atoms with E-state index in [1.54, 1.807) is 25.3 Å². The zero-order valence-electron chi connectivity index (χ0n) is 26.8. The summed E-state index contributed by atoms with van der Waals surface area (Å²) < 4.78 is 27.2. The summed E-state index contributed by atoms with van der Waals surface area (Å²) in [5.41, 5.74) is 1.60. The molecule has 2 heterocycles. The molecule has 242 valence electrons. The second kappa shape index (κ2) is 19.9. The lowest BCUT2D eigenvalue weighted by molar-refractivity contribution is -0.131. The van der Waals surface area contributed by atoms with Crippen molar-refractivity contribution in [2.75, 3.05) is 46.3 Å². The van der Waals surface area contributed by atoms with Crippen molar-refractivity contribution in [1.29, 1.82) is 0 Å². The number of rotatable bonds is 14. The van der Waals surface area contributed by atoms with Crippen LogP contribution in [0.25, 0.3) is 0 Å². The van der Waals surface area contributed by atoms with Gasteiger partial charge in [0.1, 0.15) is 12.1 Å². The lowest BCUT2D eigenvalue weighted by atomic mass is 9.92. The number of hydrogen-bond donors (Lipinski definition) is 4.